The lowest BCUT2D eigenvalue weighted by atomic mass is 9.84. The van der Waals surface area contributed by atoms with E-state index >= 15 is 0 Å². The van der Waals surface area contributed by atoms with Gasteiger partial charge < -0.3 is 23.3 Å². The number of hydrogen-bond acceptors (Lipinski definition) is 7. The van der Waals surface area contributed by atoms with Crippen LogP contribution < -0.4 is 13.7 Å². The number of fused-ring (bicyclic) bond motifs is 2. The fourth-order valence-electron chi connectivity index (χ4n) is 4.45. The molecule has 3 rings (SSSR count). The Kier molecular flexibility index (Phi) is 9.49. The molecule has 1 aliphatic heterocycles. The van der Waals surface area contributed by atoms with Crippen LogP contribution in [-0.2, 0) is 28.8 Å². The van der Waals surface area contributed by atoms with Crippen LogP contribution in [-0.4, -0.2) is 37.4 Å². The van der Waals surface area contributed by atoms with Crippen LogP contribution in [0.25, 0.3) is 0 Å². The first kappa shape index (κ1) is 28.2. The third-order valence-electron chi connectivity index (χ3n) is 6.29. The number of thiol groups is 1. The van der Waals surface area contributed by atoms with Crippen LogP contribution in [0.3, 0.4) is 0 Å². The largest absolute Gasteiger partial charge is 0.391 e. The Bertz CT molecular complexity index is 1020. The van der Waals surface area contributed by atoms with Gasteiger partial charge in [-0.05, 0) is 46.2 Å². The average molecular weight is 519 g/mol. The standard InChI is InChI=1S/C28H42N2O3S2/c1-19-13-21-17-29-9-11-31-28(6,7)24-16-20(2)14-22(18-30(8)10-12-34)26(24)33-35-32-25(21)23(15-19)27(3,4)5/h13-16,29,34H,9-12,17-18H2,1-8H3. The fraction of sp³-hybridized carbons (Fsp3) is 0.571. The van der Waals surface area contributed by atoms with Crippen molar-refractivity contribution >= 4 is 25.0 Å². The highest BCUT2D eigenvalue weighted by Gasteiger charge is 2.30. The number of rotatable bonds is 4. The third-order valence-corrected chi connectivity index (χ3v) is 6.96. The first-order chi connectivity index (χ1) is 16.4. The van der Waals surface area contributed by atoms with Gasteiger partial charge >= 0.3 is 0 Å². The maximum atomic E-state index is 6.41. The van der Waals surface area contributed by atoms with Crippen LogP contribution in [0.15, 0.2) is 24.3 Å². The van der Waals surface area contributed by atoms with Crippen LogP contribution in [0.1, 0.15) is 68.0 Å². The van der Waals surface area contributed by atoms with Crippen molar-refractivity contribution in [1.29, 1.82) is 0 Å². The molecular formula is C28H42N2O3S2. The molecule has 7 heteroatoms. The van der Waals surface area contributed by atoms with Gasteiger partial charge in [-0.25, -0.2) is 0 Å². The summed E-state index contributed by atoms with van der Waals surface area (Å²) in [7, 11) is 2.11. The summed E-state index contributed by atoms with van der Waals surface area (Å²) in [5.41, 5.74) is 6.27. The molecule has 0 aromatic heterocycles. The lowest BCUT2D eigenvalue weighted by Gasteiger charge is -2.30. The van der Waals surface area contributed by atoms with Gasteiger partial charge in [0, 0.05) is 54.2 Å². The Balaban J connectivity index is 2.06. The van der Waals surface area contributed by atoms with Crippen molar-refractivity contribution in [2.75, 3.05) is 32.5 Å². The van der Waals surface area contributed by atoms with Gasteiger partial charge in [-0.3, -0.25) is 0 Å². The summed E-state index contributed by atoms with van der Waals surface area (Å²) in [4.78, 5) is 2.26. The molecule has 0 unspecified atom stereocenters. The normalized spacial score (nSPS) is 16.7. The lowest BCUT2D eigenvalue weighted by molar-refractivity contribution is -0.0207. The minimum absolute atomic E-state index is 0.0640. The summed E-state index contributed by atoms with van der Waals surface area (Å²) >= 11 is 5.45. The molecule has 0 amide bonds. The SMILES string of the molecule is Cc1cc2c(c(C(C)(C)C)c1)OSOc1c(CN(C)CCS)cc(C)cc1C(C)(C)OCCNC2. The van der Waals surface area contributed by atoms with Crippen molar-refractivity contribution in [1.82, 2.24) is 10.2 Å². The molecule has 0 spiro atoms. The monoisotopic (exact) mass is 518 g/mol. The third kappa shape index (κ3) is 7.32. The summed E-state index contributed by atoms with van der Waals surface area (Å²) in [5, 5.41) is 3.54. The van der Waals surface area contributed by atoms with Gasteiger partial charge in [0.2, 0.25) is 0 Å². The molecule has 0 atom stereocenters. The molecule has 0 bridgehead atoms. The van der Waals surface area contributed by atoms with Gasteiger partial charge in [0.25, 0.3) is 12.3 Å². The molecule has 2 aromatic carbocycles. The molecule has 0 aliphatic carbocycles. The van der Waals surface area contributed by atoms with Crippen LogP contribution in [0.5, 0.6) is 11.5 Å². The fourth-order valence-corrected chi connectivity index (χ4v) is 5.36. The van der Waals surface area contributed by atoms with Gasteiger partial charge in [0.05, 0.1) is 12.2 Å². The van der Waals surface area contributed by atoms with Crippen molar-refractivity contribution in [3.05, 3.63) is 57.6 Å². The number of aryl methyl sites for hydroxylation is 2. The molecule has 2 aromatic rings. The number of benzene rings is 2. The molecule has 5 nitrogen and oxygen atoms in total. The summed E-state index contributed by atoms with van der Waals surface area (Å²) in [6.45, 7) is 18.8. The van der Waals surface area contributed by atoms with E-state index in [4.69, 9.17) is 13.1 Å². The van der Waals surface area contributed by atoms with E-state index in [-0.39, 0.29) is 5.41 Å². The topological polar surface area (TPSA) is 43.0 Å². The Morgan fingerprint density at radius 3 is 2.43 bits per heavy atom. The lowest BCUT2D eigenvalue weighted by Crippen LogP contribution is -2.28. The van der Waals surface area contributed by atoms with Crippen molar-refractivity contribution in [3.8, 4) is 11.5 Å². The number of nitrogens with zero attached hydrogens (tertiary/aromatic N) is 1. The summed E-state index contributed by atoms with van der Waals surface area (Å²) in [6.07, 6.45) is 0. The smallest absolute Gasteiger partial charge is 0.293 e. The Morgan fingerprint density at radius 2 is 1.74 bits per heavy atom. The minimum Gasteiger partial charge on any atom is -0.391 e. The van der Waals surface area contributed by atoms with Crippen molar-refractivity contribution < 1.29 is 13.1 Å². The van der Waals surface area contributed by atoms with Crippen LogP contribution in [0, 0.1) is 13.8 Å². The molecule has 0 radical (unpaired) electrons. The van der Waals surface area contributed by atoms with Gasteiger partial charge in [-0.2, -0.15) is 12.6 Å². The van der Waals surface area contributed by atoms with Crippen LogP contribution in [0.4, 0.5) is 0 Å². The van der Waals surface area contributed by atoms with E-state index in [1.54, 1.807) is 0 Å². The molecule has 1 aliphatic rings. The molecule has 0 saturated heterocycles. The second-order valence-electron chi connectivity index (χ2n) is 11.1. The maximum absolute atomic E-state index is 6.41. The average Bonchev–Trinajstić information content (AvgIpc) is 2.75. The Hall–Kier alpha value is -1.38. The van der Waals surface area contributed by atoms with E-state index < -0.39 is 5.60 Å². The molecule has 1 heterocycles. The van der Waals surface area contributed by atoms with Crippen molar-refractivity contribution in [2.45, 2.75) is 72.6 Å². The van der Waals surface area contributed by atoms with E-state index in [0.29, 0.717) is 13.2 Å². The minimum atomic E-state index is -0.519. The summed E-state index contributed by atoms with van der Waals surface area (Å²) in [5.74, 6) is 2.49. The zero-order valence-corrected chi connectivity index (χ0v) is 24.3. The number of nitrogens with one attached hydrogen (secondary N) is 1. The van der Waals surface area contributed by atoms with Crippen LogP contribution >= 0.6 is 25.0 Å². The van der Waals surface area contributed by atoms with Gasteiger partial charge in [0.15, 0.2) is 5.75 Å². The highest BCUT2D eigenvalue weighted by atomic mass is 32.2. The van der Waals surface area contributed by atoms with Crippen molar-refractivity contribution in [2.24, 2.45) is 0 Å². The first-order valence-corrected chi connectivity index (χ1v) is 13.7. The van der Waals surface area contributed by atoms with Crippen LogP contribution in [0.2, 0.25) is 0 Å². The molecular weight excluding hydrogens is 476 g/mol. The highest BCUT2D eigenvalue weighted by molar-refractivity contribution is 7.90. The molecule has 194 valence electrons. The van der Waals surface area contributed by atoms with Gasteiger partial charge in [-0.15, -0.1) is 0 Å². The van der Waals surface area contributed by atoms with E-state index in [1.165, 1.54) is 16.7 Å². The van der Waals surface area contributed by atoms with Gasteiger partial charge in [0.1, 0.15) is 5.75 Å². The maximum Gasteiger partial charge on any atom is 0.293 e. The Morgan fingerprint density at radius 1 is 1.06 bits per heavy atom. The predicted molar refractivity (Wildman–Crippen MR) is 151 cm³/mol. The highest BCUT2D eigenvalue weighted by Crippen LogP contribution is 2.41. The summed E-state index contributed by atoms with van der Waals surface area (Å²) < 4.78 is 19.2. The second kappa shape index (κ2) is 11.8. The first-order valence-electron chi connectivity index (χ1n) is 12.4. The second-order valence-corrected chi connectivity index (χ2v) is 12.0. The number of ether oxygens (including phenoxy) is 1. The predicted octanol–water partition coefficient (Wildman–Crippen LogP) is 6.34. The van der Waals surface area contributed by atoms with E-state index in [2.05, 4.69) is 103 Å². The molecule has 0 fully saturated rings. The van der Waals surface area contributed by atoms with Crippen molar-refractivity contribution in [3.63, 3.8) is 0 Å². The molecule has 1 N–H and O–H groups in total. The summed E-state index contributed by atoms with van der Waals surface area (Å²) in [6, 6.07) is 8.78. The quantitative estimate of drug-likeness (QED) is 0.364. The van der Waals surface area contributed by atoms with E-state index in [1.807, 2.05) is 0 Å². The Labute approximate surface area is 222 Å². The zero-order valence-electron chi connectivity index (χ0n) is 22.6. The zero-order chi connectivity index (χ0) is 25.8. The molecule has 35 heavy (non-hydrogen) atoms. The van der Waals surface area contributed by atoms with Gasteiger partial charge in [-0.1, -0.05) is 50.1 Å². The molecule has 0 saturated carbocycles. The van der Waals surface area contributed by atoms with E-state index in [9.17, 15) is 0 Å². The van der Waals surface area contributed by atoms with E-state index in [0.717, 1.165) is 65.9 Å². The number of hydrogen-bond donors (Lipinski definition) is 2.